The number of ether oxygens (including phenoxy) is 1. The van der Waals surface area contributed by atoms with Gasteiger partial charge < -0.3 is 9.64 Å². The van der Waals surface area contributed by atoms with Crippen molar-refractivity contribution in [2.75, 3.05) is 12.0 Å². The van der Waals surface area contributed by atoms with Crippen molar-refractivity contribution in [1.29, 1.82) is 0 Å². The van der Waals surface area contributed by atoms with Crippen molar-refractivity contribution in [2.24, 2.45) is 5.41 Å². The molecule has 40 heavy (non-hydrogen) atoms. The van der Waals surface area contributed by atoms with Crippen LogP contribution in [0.5, 0.6) is 5.75 Å². The van der Waals surface area contributed by atoms with Gasteiger partial charge >= 0.3 is 0 Å². The molecular weight excluding hydrogens is 566 g/mol. The number of Topliss-reactive ketones (excluding diaryl/α,β-unsaturated/α-hetero) is 3. The number of hydrogen-bond acceptors (Lipinski definition) is 5. The molecule has 1 spiro atoms. The quantitative estimate of drug-likeness (QED) is 0.194. The number of benzene rings is 4. The number of methoxy groups -OCH3 is 1. The van der Waals surface area contributed by atoms with Crippen LogP contribution in [0.1, 0.15) is 48.1 Å². The number of carbonyl (C=O) groups excluding carboxylic acids is 3. The first-order chi connectivity index (χ1) is 19.5. The molecule has 0 radical (unpaired) electrons. The van der Waals surface area contributed by atoms with Gasteiger partial charge in [0.05, 0.1) is 13.2 Å². The molecule has 0 saturated carbocycles. The summed E-state index contributed by atoms with van der Waals surface area (Å²) in [7, 11) is 1.58. The molecule has 5 nitrogen and oxygen atoms in total. The Morgan fingerprint density at radius 1 is 0.825 bits per heavy atom. The molecule has 2 aliphatic heterocycles. The molecule has 0 amide bonds. The van der Waals surface area contributed by atoms with Gasteiger partial charge in [-0.05, 0) is 53.6 Å². The second kappa shape index (κ2) is 9.14. The smallest absolute Gasteiger partial charge is 0.185 e. The van der Waals surface area contributed by atoms with Gasteiger partial charge in [-0.25, -0.2) is 0 Å². The summed E-state index contributed by atoms with van der Waals surface area (Å²) >= 11 is 3.52. The van der Waals surface area contributed by atoms with E-state index in [-0.39, 0.29) is 17.3 Å². The van der Waals surface area contributed by atoms with E-state index < -0.39 is 23.4 Å². The van der Waals surface area contributed by atoms with Crippen LogP contribution in [0.3, 0.4) is 0 Å². The molecular formula is C34H24BrNO4. The van der Waals surface area contributed by atoms with Gasteiger partial charge in [-0.15, -0.1) is 0 Å². The Bertz CT molecular complexity index is 1690. The number of nitrogens with zero attached hydrogens (tertiary/aromatic N) is 1. The first-order valence-electron chi connectivity index (χ1n) is 13.1. The third kappa shape index (κ3) is 3.29. The summed E-state index contributed by atoms with van der Waals surface area (Å²) in [6.45, 7) is 0. The van der Waals surface area contributed by atoms with Gasteiger partial charge in [0.15, 0.2) is 17.3 Å². The Kier molecular flexibility index (Phi) is 5.65. The van der Waals surface area contributed by atoms with E-state index in [2.05, 4.69) is 15.9 Å². The largest absolute Gasteiger partial charge is 0.497 e. The Morgan fingerprint density at radius 3 is 2.10 bits per heavy atom. The van der Waals surface area contributed by atoms with E-state index in [1.165, 1.54) is 0 Å². The van der Waals surface area contributed by atoms with Crippen molar-refractivity contribution >= 4 is 45.0 Å². The number of ketones is 3. The van der Waals surface area contributed by atoms with E-state index in [1.807, 2.05) is 65.6 Å². The summed E-state index contributed by atoms with van der Waals surface area (Å²) in [4.78, 5) is 45.9. The monoisotopic (exact) mass is 589 g/mol. The number of anilines is 1. The van der Waals surface area contributed by atoms with E-state index in [0.717, 1.165) is 21.3 Å². The number of carbonyl (C=O) groups is 3. The standard InChI is InChI=1S/C34H24BrNO4/c1-40-24-17-12-22(13-18-24)31(37)30-29(21-10-15-23(35)16-11-21)34(32(38)25-7-3-4-8-26(25)33(34)39)28-19-14-20-6-2-5-9-27(20)36(28)30/h2-19,28-30H,1H3/t28-,29+,30-/m1/s1. The van der Waals surface area contributed by atoms with Crippen LogP contribution in [0.4, 0.5) is 5.69 Å². The van der Waals surface area contributed by atoms with E-state index >= 15 is 0 Å². The maximum absolute atomic E-state index is 14.6. The van der Waals surface area contributed by atoms with Gasteiger partial charge in [-0.3, -0.25) is 14.4 Å². The Balaban J connectivity index is 1.52. The van der Waals surface area contributed by atoms with Crippen LogP contribution in [0.15, 0.2) is 108 Å². The zero-order valence-corrected chi connectivity index (χ0v) is 23.2. The Labute approximate surface area is 240 Å². The normalized spacial score (nSPS) is 21.8. The predicted molar refractivity (Wildman–Crippen MR) is 157 cm³/mol. The van der Waals surface area contributed by atoms with Crippen molar-refractivity contribution in [3.63, 3.8) is 0 Å². The lowest BCUT2D eigenvalue weighted by Gasteiger charge is -2.37. The molecule has 1 fully saturated rings. The van der Waals surface area contributed by atoms with Gasteiger partial charge in [-0.2, -0.15) is 0 Å². The molecule has 0 unspecified atom stereocenters. The average Bonchev–Trinajstić information content (AvgIpc) is 3.43. The molecule has 2 heterocycles. The molecule has 196 valence electrons. The van der Waals surface area contributed by atoms with Crippen molar-refractivity contribution in [1.82, 2.24) is 0 Å². The van der Waals surface area contributed by atoms with Crippen LogP contribution in [0.25, 0.3) is 6.08 Å². The topological polar surface area (TPSA) is 63.7 Å². The lowest BCUT2D eigenvalue weighted by Crippen LogP contribution is -2.48. The number of rotatable bonds is 4. The highest BCUT2D eigenvalue weighted by atomic mass is 79.9. The van der Waals surface area contributed by atoms with E-state index in [0.29, 0.717) is 22.4 Å². The van der Waals surface area contributed by atoms with Crippen molar-refractivity contribution in [3.8, 4) is 5.75 Å². The molecule has 0 aromatic heterocycles. The Hall–Kier alpha value is -4.29. The van der Waals surface area contributed by atoms with Gasteiger partial charge in [-0.1, -0.05) is 82.7 Å². The molecule has 3 atom stereocenters. The first-order valence-corrected chi connectivity index (χ1v) is 13.9. The minimum Gasteiger partial charge on any atom is -0.497 e. The molecule has 0 bridgehead atoms. The fraction of sp³-hybridized carbons (Fsp3) is 0.147. The molecule has 4 aromatic rings. The molecule has 7 rings (SSSR count). The predicted octanol–water partition coefficient (Wildman–Crippen LogP) is 6.77. The van der Waals surface area contributed by atoms with Crippen molar-refractivity contribution < 1.29 is 19.1 Å². The fourth-order valence-corrected chi connectivity index (χ4v) is 7.15. The molecule has 1 aliphatic carbocycles. The van der Waals surface area contributed by atoms with Crippen LogP contribution in [0, 0.1) is 5.41 Å². The van der Waals surface area contributed by atoms with Gasteiger partial charge in [0.2, 0.25) is 0 Å². The zero-order chi connectivity index (χ0) is 27.6. The second-order valence-electron chi connectivity index (χ2n) is 10.4. The molecule has 1 saturated heterocycles. The highest BCUT2D eigenvalue weighted by Crippen LogP contribution is 2.61. The molecule has 3 aliphatic rings. The second-order valence-corrected chi connectivity index (χ2v) is 11.3. The van der Waals surface area contributed by atoms with Gasteiger partial charge in [0, 0.05) is 32.8 Å². The first kappa shape index (κ1) is 24.7. The number of halogens is 1. The summed E-state index contributed by atoms with van der Waals surface area (Å²) in [5.74, 6) is -0.706. The highest BCUT2D eigenvalue weighted by molar-refractivity contribution is 9.10. The van der Waals surface area contributed by atoms with Crippen LogP contribution in [-0.4, -0.2) is 36.5 Å². The lowest BCUT2D eigenvalue weighted by molar-refractivity contribution is 0.0666. The lowest BCUT2D eigenvalue weighted by atomic mass is 9.64. The van der Waals surface area contributed by atoms with Crippen LogP contribution in [-0.2, 0) is 0 Å². The highest BCUT2D eigenvalue weighted by Gasteiger charge is 2.71. The third-order valence-corrected chi connectivity index (χ3v) is 9.11. The molecule has 4 aromatic carbocycles. The summed E-state index contributed by atoms with van der Waals surface area (Å²) in [6, 6.07) is 28.1. The molecule has 6 heteroatoms. The number of fused-ring (bicyclic) bond motifs is 5. The summed E-state index contributed by atoms with van der Waals surface area (Å²) < 4.78 is 6.20. The van der Waals surface area contributed by atoms with Gasteiger partial charge in [0.25, 0.3) is 0 Å². The maximum atomic E-state index is 14.6. The van der Waals surface area contributed by atoms with E-state index in [1.54, 1.807) is 55.6 Å². The summed E-state index contributed by atoms with van der Waals surface area (Å²) in [6.07, 6.45) is 3.91. The SMILES string of the molecule is COc1ccc(C(=O)[C@H]2[C@H](c3ccc(Br)cc3)C3(C(=O)c4ccccc4C3=O)[C@H]3C=Cc4ccccc4N23)cc1. The molecule has 0 N–H and O–H groups in total. The van der Waals surface area contributed by atoms with Crippen molar-refractivity contribution in [2.45, 2.75) is 18.0 Å². The minimum atomic E-state index is -1.51. The summed E-state index contributed by atoms with van der Waals surface area (Å²) in [5.41, 5.74) is 2.36. The average molecular weight is 590 g/mol. The van der Waals surface area contributed by atoms with Crippen LogP contribution in [0.2, 0.25) is 0 Å². The number of hydrogen-bond donors (Lipinski definition) is 0. The third-order valence-electron chi connectivity index (χ3n) is 8.59. The number of para-hydroxylation sites is 1. The fourth-order valence-electron chi connectivity index (χ4n) is 6.89. The van der Waals surface area contributed by atoms with E-state index in [9.17, 15) is 14.4 Å². The van der Waals surface area contributed by atoms with Crippen molar-refractivity contribution in [3.05, 3.63) is 135 Å². The van der Waals surface area contributed by atoms with Crippen LogP contribution >= 0.6 is 15.9 Å². The minimum absolute atomic E-state index is 0.154. The summed E-state index contributed by atoms with van der Waals surface area (Å²) in [5, 5.41) is 0. The van der Waals surface area contributed by atoms with Crippen LogP contribution < -0.4 is 9.64 Å². The maximum Gasteiger partial charge on any atom is 0.185 e. The Morgan fingerprint density at radius 2 is 1.45 bits per heavy atom. The zero-order valence-electron chi connectivity index (χ0n) is 21.6. The van der Waals surface area contributed by atoms with E-state index in [4.69, 9.17) is 4.74 Å². The van der Waals surface area contributed by atoms with Gasteiger partial charge in [0.1, 0.15) is 17.2 Å².